The normalized spacial score (nSPS) is 14.7. The molecule has 0 fully saturated rings. The highest BCUT2D eigenvalue weighted by Crippen LogP contribution is 2.36. The first kappa shape index (κ1) is 29.6. The van der Waals surface area contributed by atoms with Crippen molar-refractivity contribution in [1.82, 2.24) is 4.57 Å². The third-order valence-corrected chi connectivity index (χ3v) is 7.36. The van der Waals surface area contributed by atoms with Gasteiger partial charge in [-0.25, -0.2) is 14.6 Å². The highest BCUT2D eigenvalue weighted by molar-refractivity contribution is 7.07. The highest BCUT2D eigenvalue weighted by Gasteiger charge is 2.34. The summed E-state index contributed by atoms with van der Waals surface area (Å²) in [6.07, 6.45) is 1.82. The number of ether oxygens (including phenoxy) is 4. The van der Waals surface area contributed by atoms with Gasteiger partial charge in [-0.3, -0.25) is 9.36 Å². The summed E-state index contributed by atoms with van der Waals surface area (Å²) in [5, 5.41) is 0. The van der Waals surface area contributed by atoms with Crippen LogP contribution in [0.5, 0.6) is 11.5 Å². The molecule has 1 aliphatic rings. The van der Waals surface area contributed by atoms with Gasteiger partial charge >= 0.3 is 11.9 Å². The predicted octanol–water partition coefficient (Wildman–Crippen LogP) is 2.81. The lowest BCUT2D eigenvalue weighted by atomic mass is 9.95. The van der Waals surface area contributed by atoms with Crippen LogP contribution in [0.1, 0.15) is 37.9 Å². The number of benzene rings is 2. The van der Waals surface area contributed by atoms with E-state index in [1.54, 1.807) is 32.0 Å². The zero-order valence-corrected chi connectivity index (χ0v) is 24.7. The van der Waals surface area contributed by atoms with E-state index < -0.39 is 18.0 Å². The Balaban J connectivity index is 1.87. The van der Waals surface area contributed by atoms with E-state index in [1.165, 1.54) is 23.0 Å². The SMILES string of the molecule is CCOC(=O)C1=C(C)N=c2s/c(=C\c3ccc(N(C)C)cc3)c(=O)n2[C@@H]1c1ccc(OCC(=O)OC)c(OCC)c1. The number of aromatic nitrogens is 1. The predicted molar refractivity (Wildman–Crippen MR) is 156 cm³/mol. The second kappa shape index (κ2) is 12.9. The number of thiazole rings is 1. The molecule has 1 aromatic heterocycles. The van der Waals surface area contributed by atoms with E-state index >= 15 is 0 Å². The van der Waals surface area contributed by atoms with E-state index in [-0.39, 0.29) is 24.3 Å². The van der Waals surface area contributed by atoms with Crippen molar-refractivity contribution >= 4 is 35.0 Å². The summed E-state index contributed by atoms with van der Waals surface area (Å²) in [6, 6.07) is 12.1. The van der Waals surface area contributed by atoms with E-state index in [4.69, 9.17) is 14.2 Å². The second-order valence-corrected chi connectivity index (χ2v) is 10.3. The average molecular weight is 580 g/mol. The maximum absolute atomic E-state index is 13.9. The summed E-state index contributed by atoms with van der Waals surface area (Å²) in [5.74, 6) is -0.415. The van der Waals surface area contributed by atoms with Crippen LogP contribution in [-0.4, -0.2) is 57.5 Å². The van der Waals surface area contributed by atoms with Crippen LogP contribution in [0.15, 0.2) is 63.5 Å². The van der Waals surface area contributed by atoms with Gasteiger partial charge in [-0.05, 0) is 62.2 Å². The lowest BCUT2D eigenvalue weighted by Gasteiger charge is -2.25. The van der Waals surface area contributed by atoms with Gasteiger partial charge in [0.05, 0.1) is 42.2 Å². The van der Waals surface area contributed by atoms with Gasteiger partial charge in [-0.1, -0.05) is 29.5 Å². The van der Waals surface area contributed by atoms with Crippen LogP contribution >= 0.6 is 11.3 Å². The molecular formula is C30H33N3O7S. The molecular weight excluding hydrogens is 546 g/mol. The first-order valence-corrected chi connectivity index (χ1v) is 13.9. The number of carbonyl (C=O) groups excluding carboxylic acids is 2. The number of hydrogen-bond acceptors (Lipinski definition) is 10. The minimum atomic E-state index is -0.822. The lowest BCUT2D eigenvalue weighted by molar-refractivity contribution is -0.143. The number of esters is 2. The Bertz CT molecular complexity index is 1650. The Hall–Kier alpha value is -4.38. The molecule has 41 heavy (non-hydrogen) atoms. The van der Waals surface area contributed by atoms with Crippen LogP contribution in [0.3, 0.4) is 0 Å². The van der Waals surface area contributed by atoms with Crippen LogP contribution in [0.4, 0.5) is 5.69 Å². The van der Waals surface area contributed by atoms with Crippen LogP contribution in [0.25, 0.3) is 6.08 Å². The fourth-order valence-electron chi connectivity index (χ4n) is 4.40. The van der Waals surface area contributed by atoms with Crippen LogP contribution < -0.4 is 29.3 Å². The Morgan fingerprint density at radius 3 is 2.41 bits per heavy atom. The Kier molecular flexibility index (Phi) is 9.28. The molecule has 0 spiro atoms. The standard InChI is InChI=1S/C30H33N3O7S/c1-7-38-23-16-20(11-14-22(23)40-17-25(34)37-6)27-26(29(36)39-8-2)18(3)31-30-33(27)28(35)24(41-30)15-19-9-12-21(13-10-19)32(4)5/h9-16,27H,7-8,17H2,1-6H3/b24-15-/t27-/m1/s1. The average Bonchev–Trinajstić information content (AvgIpc) is 3.25. The number of rotatable bonds is 10. The van der Waals surface area contributed by atoms with Crippen LogP contribution in [0, 0.1) is 0 Å². The van der Waals surface area contributed by atoms with Gasteiger partial charge in [-0.2, -0.15) is 0 Å². The van der Waals surface area contributed by atoms with E-state index in [2.05, 4.69) is 9.73 Å². The Morgan fingerprint density at radius 2 is 1.78 bits per heavy atom. The summed E-state index contributed by atoms with van der Waals surface area (Å²) in [4.78, 5) is 45.8. The quantitative estimate of drug-likeness (QED) is 0.338. The topological polar surface area (TPSA) is 109 Å². The van der Waals surface area contributed by atoms with Crippen molar-refractivity contribution in [2.75, 3.05) is 45.9 Å². The van der Waals surface area contributed by atoms with Crippen molar-refractivity contribution in [2.24, 2.45) is 4.99 Å². The van der Waals surface area contributed by atoms with Gasteiger partial charge in [0.1, 0.15) is 0 Å². The van der Waals surface area contributed by atoms with Gasteiger partial charge in [0.15, 0.2) is 22.9 Å². The second-order valence-electron chi connectivity index (χ2n) is 9.29. The summed E-state index contributed by atoms with van der Waals surface area (Å²) < 4.78 is 23.5. The molecule has 11 heteroatoms. The van der Waals surface area contributed by atoms with E-state index in [0.29, 0.717) is 38.7 Å². The third-order valence-electron chi connectivity index (χ3n) is 6.38. The Labute approximate surface area is 241 Å². The minimum Gasteiger partial charge on any atom is -0.490 e. The third kappa shape index (κ3) is 6.35. The number of allylic oxidation sites excluding steroid dienone is 1. The molecule has 0 bridgehead atoms. The molecule has 1 atom stereocenters. The molecule has 0 radical (unpaired) electrons. The number of hydrogen-bond donors (Lipinski definition) is 0. The van der Waals surface area contributed by atoms with Gasteiger partial charge in [0.2, 0.25) is 0 Å². The zero-order valence-electron chi connectivity index (χ0n) is 23.9. The molecule has 0 N–H and O–H groups in total. The molecule has 10 nitrogen and oxygen atoms in total. The number of nitrogens with zero attached hydrogens (tertiary/aromatic N) is 3. The van der Waals surface area contributed by atoms with Gasteiger partial charge in [-0.15, -0.1) is 0 Å². The van der Waals surface area contributed by atoms with Gasteiger partial charge in [0, 0.05) is 19.8 Å². The molecule has 0 saturated carbocycles. The molecule has 2 heterocycles. The summed E-state index contributed by atoms with van der Waals surface area (Å²) in [7, 11) is 5.20. The summed E-state index contributed by atoms with van der Waals surface area (Å²) in [5.41, 5.74) is 2.94. The molecule has 2 aromatic carbocycles. The number of anilines is 1. The fourth-order valence-corrected chi connectivity index (χ4v) is 5.45. The molecule has 0 amide bonds. The van der Waals surface area contributed by atoms with E-state index in [1.807, 2.05) is 56.3 Å². The molecule has 0 saturated heterocycles. The molecule has 3 aromatic rings. The van der Waals surface area contributed by atoms with E-state index in [0.717, 1.165) is 11.3 Å². The van der Waals surface area contributed by atoms with Gasteiger partial charge in [0.25, 0.3) is 5.56 Å². The van der Waals surface area contributed by atoms with Crippen molar-refractivity contribution in [3.8, 4) is 11.5 Å². The molecule has 0 unspecified atom stereocenters. The molecule has 216 valence electrons. The number of methoxy groups -OCH3 is 1. The minimum absolute atomic E-state index is 0.167. The monoisotopic (exact) mass is 579 g/mol. The maximum Gasteiger partial charge on any atom is 0.343 e. The number of fused-ring (bicyclic) bond motifs is 1. The smallest absolute Gasteiger partial charge is 0.343 e. The first-order chi connectivity index (χ1) is 19.7. The lowest BCUT2D eigenvalue weighted by Crippen LogP contribution is -2.40. The van der Waals surface area contributed by atoms with Crippen molar-refractivity contribution in [3.05, 3.63) is 84.5 Å². The van der Waals surface area contributed by atoms with Crippen molar-refractivity contribution < 1.29 is 28.5 Å². The molecule has 0 aliphatic carbocycles. The summed E-state index contributed by atoms with van der Waals surface area (Å²) >= 11 is 1.25. The zero-order chi connectivity index (χ0) is 29.7. The summed E-state index contributed by atoms with van der Waals surface area (Å²) in [6.45, 7) is 5.47. The van der Waals surface area contributed by atoms with Gasteiger partial charge < -0.3 is 23.8 Å². The molecule has 1 aliphatic heterocycles. The highest BCUT2D eigenvalue weighted by atomic mass is 32.1. The van der Waals surface area contributed by atoms with E-state index in [9.17, 15) is 14.4 Å². The van der Waals surface area contributed by atoms with Crippen molar-refractivity contribution in [2.45, 2.75) is 26.8 Å². The first-order valence-electron chi connectivity index (χ1n) is 13.1. The van der Waals surface area contributed by atoms with Crippen LogP contribution in [-0.2, 0) is 19.1 Å². The van der Waals surface area contributed by atoms with Crippen molar-refractivity contribution in [3.63, 3.8) is 0 Å². The van der Waals surface area contributed by atoms with Crippen LogP contribution in [0.2, 0.25) is 0 Å². The largest absolute Gasteiger partial charge is 0.490 e. The fraction of sp³-hybridized carbons (Fsp3) is 0.333. The maximum atomic E-state index is 13.9. The van der Waals surface area contributed by atoms with Crippen molar-refractivity contribution in [1.29, 1.82) is 0 Å². The number of carbonyl (C=O) groups is 2. The molecule has 4 rings (SSSR count). The Morgan fingerprint density at radius 1 is 1.05 bits per heavy atom.